The number of esters is 1. The lowest BCUT2D eigenvalue weighted by molar-refractivity contribution is -0.145. The minimum atomic E-state index is -0.177. The molecule has 0 amide bonds. The summed E-state index contributed by atoms with van der Waals surface area (Å²) in [6.07, 6.45) is 3.88. The molecule has 1 heterocycles. The van der Waals surface area contributed by atoms with Gasteiger partial charge in [-0.3, -0.25) is 9.69 Å². The molecule has 1 aliphatic heterocycles. The molecule has 4 nitrogen and oxygen atoms in total. The maximum absolute atomic E-state index is 11.5. The lowest BCUT2D eigenvalue weighted by atomic mass is 10.2. The minimum absolute atomic E-state index is 0.132. The molecule has 16 heavy (non-hydrogen) atoms. The van der Waals surface area contributed by atoms with Gasteiger partial charge < -0.3 is 10.1 Å². The highest BCUT2D eigenvalue weighted by molar-refractivity contribution is 5.75. The first-order chi connectivity index (χ1) is 7.70. The highest BCUT2D eigenvalue weighted by Gasteiger charge is 2.35. The smallest absolute Gasteiger partial charge is 0.322 e. The monoisotopic (exact) mass is 226 g/mol. The first kappa shape index (κ1) is 11.9. The van der Waals surface area contributed by atoms with E-state index in [1.807, 2.05) is 13.8 Å². The van der Waals surface area contributed by atoms with Crippen molar-refractivity contribution in [1.29, 1.82) is 0 Å². The first-order valence-corrected chi connectivity index (χ1v) is 6.37. The summed E-state index contributed by atoms with van der Waals surface area (Å²) in [6, 6.07) is 1.12. The summed E-state index contributed by atoms with van der Waals surface area (Å²) in [6.45, 7) is 6.46. The van der Waals surface area contributed by atoms with Crippen LogP contribution in [-0.4, -0.2) is 48.7 Å². The van der Waals surface area contributed by atoms with Crippen LogP contribution in [0.4, 0.5) is 0 Å². The zero-order valence-corrected chi connectivity index (χ0v) is 10.2. The predicted molar refractivity (Wildman–Crippen MR) is 62.2 cm³/mol. The van der Waals surface area contributed by atoms with E-state index in [4.69, 9.17) is 4.74 Å². The van der Waals surface area contributed by atoms with Crippen LogP contribution >= 0.6 is 0 Å². The Labute approximate surface area is 97.3 Å². The van der Waals surface area contributed by atoms with Crippen molar-refractivity contribution in [3.05, 3.63) is 0 Å². The van der Waals surface area contributed by atoms with E-state index >= 15 is 0 Å². The maximum Gasteiger partial charge on any atom is 0.322 e. The molecular formula is C12H22N2O2. The minimum Gasteiger partial charge on any atom is -0.465 e. The fraction of sp³-hybridized carbons (Fsp3) is 0.917. The van der Waals surface area contributed by atoms with Crippen molar-refractivity contribution in [1.82, 2.24) is 10.2 Å². The zero-order valence-electron chi connectivity index (χ0n) is 10.2. The number of carbonyl (C=O) groups excluding carboxylic acids is 1. The second-order valence-electron chi connectivity index (χ2n) is 4.85. The van der Waals surface area contributed by atoms with Crippen LogP contribution in [0.15, 0.2) is 0 Å². The fourth-order valence-corrected chi connectivity index (χ4v) is 2.38. The van der Waals surface area contributed by atoms with Gasteiger partial charge in [0.05, 0.1) is 6.61 Å². The van der Waals surface area contributed by atoms with Crippen molar-refractivity contribution in [3.8, 4) is 0 Å². The van der Waals surface area contributed by atoms with Gasteiger partial charge in [0.15, 0.2) is 0 Å². The van der Waals surface area contributed by atoms with E-state index in [9.17, 15) is 4.79 Å². The molecule has 0 aromatic rings. The van der Waals surface area contributed by atoms with E-state index in [1.165, 1.54) is 19.4 Å². The Balaban J connectivity index is 1.71. The lowest BCUT2D eigenvalue weighted by Gasteiger charge is -2.19. The Morgan fingerprint density at radius 1 is 1.50 bits per heavy atom. The van der Waals surface area contributed by atoms with Crippen molar-refractivity contribution in [2.75, 3.05) is 19.7 Å². The number of likely N-dealkylation sites (tertiary alicyclic amines) is 1. The van der Waals surface area contributed by atoms with Gasteiger partial charge in [-0.2, -0.15) is 0 Å². The molecule has 1 saturated carbocycles. The second kappa shape index (κ2) is 5.15. The third-order valence-electron chi connectivity index (χ3n) is 3.41. The summed E-state index contributed by atoms with van der Waals surface area (Å²) in [4.78, 5) is 14.0. The Bertz CT molecular complexity index is 253. The molecule has 1 aliphatic carbocycles. The molecular weight excluding hydrogens is 204 g/mol. The van der Waals surface area contributed by atoms with Crippen LogP contribution in [0.2, 0.25) is 0 Å². The van der Waals surface area contributed by atoms with Gasteiger partial charge in [0.25, 0.3) is 0 Å². The highest BCUT2D eigenvalue weighted by Crippen LogP contribution is 2.29. The fourth-order valence-electron chi connectivity index (χ4n) is 2.38. The number of nitrogens with one attached hydrogen (secondary N) is 1. The highest BCUT2D eigenvalue weighted by atomic mass is 16.5. The van der Waals surface area contributed by atoms with Crippen LogP contribution in [0.5, 0.6) is 0 Å². The van der Waals surface area contributed by atoms with E-state index in [0.717, 1.165) is 19.0 Å². The Kier molecular flexibility index (Phi) is 3.82. The number of hydrogen-bond donors (Lipinski definition) is 1. The molecule has 0 bridgehead atoms. The van der Waals surface area contributed by atoms with E-state index in [-0.39, 0.29) is 12.0 Å². The molecule has 1 saturated heterocycles. The average molecular weight is 226 g/mol. The van der Waals surface area contributed by atoms with Gasteiger partial charge in [0, 0.05) is 25.2 Å². The summed E-state index contributed by atoms with van der Waals surface area (Å²) in [7, 11) is 0. The van der Waals surface area contributed by atoms with Crippen LogP contribution in [-0.2, 0) is 9.53 Å². The molecule has 4 heteroatoms. The molecule has 2 rings (SSSR count). The van der Waals surface area contributed by atoms with Gasteiger partial charge in [-0.25, -0.2) is 0 Å². The molecule has 1 N–H and O–H groups in total. The molecule has 0 aromatic heterocycles. The van der Waals surface area contributed by atoms with E-state index in [1.54, 1.807) is 0 Å². The van der Waals surface area contributed by atoms with E-state index in [2.05, 4.69) is 10.2 Å². The molecule has 2 atom stereocenters. The number of rotatable bonds is 5. The van der Waals surface area contributed by atoms with Crippen LogP contribution in [0.25, 0.3) is 0 Å². The van der Waals surface area contributed by atoms with Crippen molar-refractivity contribution < 1.29 is 9.53 Å². The molecule has 0 radical (unpaired) electrons. The van der Waals surface area contributed by atoms with Crippen LogP contribution < -0.4 is 5.32 Å². The third kappa shape index (κ3) is 2.95. The van der Waals surface area contributed by atoms with Crippen LogP contribution in [0.1, 0.15) is 33.1 Å². The van der Waals surface area contributed by atoms with E-state index in [0.29, 0.717) is 12.6 Å². The second-order valence-corrected chi connectivity index (χ2v) is 4.85. The molecule has 0 aromatic carbocycles. The summed E-state index contributed by atoms with van der Waals surface area (Å²) in [5.41, 5.74) is 0. The number of nitrogens with zero attached hydrogens (tertiary/aromatic N) is 1. The van der Waals surface area contributed by atoms with Crippen LogP contribution in [0, 0.1) is 0 Å². The van der Waals surface area contributed by atoms with Gasteiger partial charge in [-0.15, -0.1) is 0 Å². The van der Waals surface area contributed by atoms with Gasteiger partial charge in [0.1, 0.15) is 6.04 Å². The molecule has 92 valence electrons. The molecule has 2 fully saturated rings. The van der Waals surface area contributed by atoms with Crippen molar-refractivity contribution in [2.24, 2.45) is 0 Å². The number of carbonyl (C=O) groups is 1. The Hall–Kier alpha value is -0.610. The van der Waals surface area contributed by atoms with Gasteiger partial charge in [-0.1, -0.05) is 0 Å². The Morgan fingerprint density at radius 2 is 2.25 bits per heavy atom. The average Bonchev–Trinajstić information content (AvgIpc) is 3.01. The largest absolute Gasteiger partial charge is 0.465 e. The molecule has 0 spiro atoms. The zero-order chi connectivity index (χ0) is 11.5. The Morgan fingerprint density at radius 3 is 2.88 bits per heavy atom. The normalized spacial score (nSPS) is 28.0. The van der Waals surface area contributed by atoms with Crippen molar-refractivity contribution in [2.45, 2.75) is 51.2 Å². The SMILES string of the molecule is CCOC(=O)C(C)NC1CCN(C2CC2)C1. The third-order valence-corrected chi connectivity index (χ3v) is 3.41. The number of hydrogen-bond acceptors (Lipinski definition) is 4. The van der Waals surface area contributed by atoms with Gasteiger partial charge >= 0.3 is 5.97 Å². The molecule has 2 aliphatic rings. The standard InChI is InChI=1S/C12H22N2O2/c1-3-16-12(15)9(2)13-10-6-7-14(8-10)11-4-5-11/h9-11,13H,3-8H2,1-2H3. The topological polar surface area (TPSA) is 41.6 Å². The van der Waals surface area contributed by atoms with Crippen molar-refractivity contribution in [3.63, 3.8) is 0 Å². The van der Waals surface area contributed by atoms with Gasteiger partial charge in [-0.05, 0) is 33.1 Å². The number of ether oxygens (including phenoxy) is 1. The predicted octanol–water partition coefficient (Wildman–Crippen LogP) is 0.764. The first-order valence-electron chi connectivity index (χ1n) is 6.37. The maximum atomic E-state index is 11.5. The summed E-state index contributed by atoms with van der Waals surface area (Å²) >= 11 is 0. The van der Waals surface area contributed by atoms with Gasteiger partial charge in [0.2, 0.25) is 0 Å². The van der Waals surface area contributed by atoms with Crippen molar-refractivity contribution >= 4 is 5.97 Å². The molecule has 2 unspecified atom stereocenters. The summed E-state index contributed by atoms with van der Waals surface area (Å²) in [5, 5.41) is 3.36. The summed E-state index contributed by atoms with van der Waals surface area (Å²) in [5.74, 6) is -0.132. The summed E-state index contributed by atoms with van der Waals surface area (Å²) < 4.78 is 4.99. The van der Waals surface area contributed by atoms with E-state index < -0.39 is 0 Å². The van der Waals surface area contributed by atoms with Crippen LogP contribution in [0.3, 0.4) is 0 Å². The lowest BCUT2D eigenvalue weighted by Crippen LogP contribution is -2.43. The quantitative estimate of drug-likeness (QED) is 0.703.